The normalized spacial score (nSPS) is 18.3. The quantitative estimate of drug-likeness (QED) is 0.681. The first kappa shape index (κ1) is 11.5. The van der Waals surface area contributed by atoms with Gasteiger partial charge >= 0.3 is 0 Å². The number of hydrogen-bond acceptors (Lipinski definition) is 3. The molecule has 0 radical (unpaired) electrons. The first-order chi connectivity index (χ1) is 7.06. The summed E-state index contributed by atoms with van der Waals surface area (Å²) in [5, 5.41) is 11.5. The molecule has 0 aromatic rings. The summed E-state index contributed by atoms with van der Waals surface area (Å²) in [5.74, 6) is -1.05. The predicted octanol–water partition coefficient (Wildman–Crippen LogP) is -0.259. The number of hydrogen-bond donors (Lipinski definition) is 1. The SMILES string of the molecule is CC(C)C(C#N)C(=O)N1CCNC(=O)C1. The van der Waals surface area contributed by atoms with Gasteiger partial charge in [-0.3, -0.25) is 9.59 Å². The predicted molar refractivity (Wildman–Crippen MR) is 53.5 cm³/mol. The third kappa shape index (κ3) is 2.69. The van der Waals surface area contributed by atoms with Crippen LogP contribution in [0.2, 0.25) is 0 Å². The van der Waals surface area contributed by atoms with E-state index in [2.05, 4.69) is 5.32 Å². The highest BCUT2D eigenvalue weighted by Gasteiger charge is 2.29. The van der Waals surface area contributed by atoms with Crippen molar-refractivity contribution in [3.8, 4) is 6.07 Å². The Hall–Kier alpha value is -1.57. The lowest BCUT2D eigenvalue weighted by Gasteiger charge is -2.29. The van der Waals surface area contributed by atoms with Crippen molar-refractivity contribution in [2.24, 2.45) is 11.8 Å². The maximum Gasteiger partial charge on any atom is 0.240 e. The third-order valence-electron chi connectivity index (χ3n) is 2.42. The van der Waals surface area contributed by atoms with Gasteiger partial charge in [0.25, 0.3) is 0 Å². The molecular weight excluding hydrogens is 194 g/mol. The molecule has 2 amide bonds. The number of rotatable bonds is 2. The standard InChI is InChI=1S/C10H15N3O2/c1-7(2)8(5-11)10(15)13-4-3-12-9(14)6-13/h7-8H,3-4,6H2,1-2H3,(H,12,14). The number of nitriles is 1. The lowest BCUT2D eigenvalue weighted by Crippen LogP contribution is -2.52. The van der Waals surface area contributed by atoms with E-state index in [4.69, 9.17) is 5.26 Å². The summed E-state index contributed by atoms with van der Waals surface area (Å²) in [6.07, 6.45) is 0. The van der Waals surface area contributed by atoms with Crippen LogP contribution in [0.1, 0.15) is 13.8 Å². The van der Waals surface area contributed by atoms with Gasteiger partial charge in [-0.25, -0.2) is 0 Å². The van der Waals surface area contributed by atoms with Crippen molar-refractivity contribution in [3.05, 3.63) is 0 Å². The van der Waals surface area contributed by atoms with Gasteiger partial charge in [0.05, 0.1) is 12.6 Å². The zero-order chi connectivity index (χ0) is 11.4. The van der Waals surface area contributed by atoms with E-state index in [1.54, 1.807) is 0 Å². The molecule has 0 bridgehead atoms. The first-order valence-corrected chi connectivity index (χ1v) is 5.01. The maximum atomic E-state index is 11.8. The van der Waals surface area contributed by atoms with Crippen LogP contribution < -0.4 is 5.32 Å². The Morgan fingerprint density at radius 1 is 1.60 bits per heavy atom. The van der Waals surface area contributed by atoms with Crippen molar-refractivity contribution in [3.63, 3.8) is 0 Å². The molecule has 1 aliphatic heterocycles. The largest absolute Gasteiger partial charge is 0.353 e. The number of nitrogens with one attached hydrogen (secondary N) is 1. The van der Waals surface area contributed by atoms with Crippen LogP contribution in [0.5, 0.6) is 0 Å². The highest BCUT2D eigenvalue weighted by Crippen LogP contribution is 2.13. The minimum Gasteiger partial charge on any atom is -0.353 e. The highest BCUT2D eigenvalue weighted by molar-refractivity contribution is 5.88. The van der Waals surface area contributed by atoms with E-state index in [0.29, 0.717) is 13.1 Å². The van der Waals surface area contributed by atoms with Crippen LogP contribution in [-0.4, -0.2) is 36.3 Å². The van der Waals surface area contributed by atoms with Gasteiger partial charge in [-0.15, -0.1) is 0 Å². The van der Waals surface area contributed by atoms with Gasteiger partial charge < -0.3 is 10.2 Å². The lowest BCUT2D eigenvalue weighted by molar-refractivity contribution is -0.140. The van der Waals surface area contributed by atoms with Gasteiger partial charge in [-0.2, -0.15) is 5.26 Å². The van der Waals surface area contributed by atoms with Crippen molar-refractivity contribution < 1.29 is 9.59 Å². The average Bonchev–Trinajstić information content (AvgIpc) is 2.18. The molecule has 1 rings (SSSR count). The summed E-state index contributed by atoms with van der Waals surface area (Å²) in [4.78, 5) is 24.4. The van der Waals surface area contributed by atoms with Crippen LogP contribution >= 0.6 is 0 Å². The van der Waals surface area contributed by atoms with E-state index in [0.717, 1.165) is 0 Å². The molecule has 1 N–H and O–H groups in total. The van der Waals surface area contributed by atoms with E-state index in [1.165, 1.54) is 4.90 Å². The lowest BCUT2D eigenvalue weighted by atomic mass is 9.96. The van der Waals surface area contributed by atoms with Crippen molar-refractivity contribution >= 4 is 11.8 Å². The average molecular weight is 209 g/mol. The summed E-state index contributed by atoms with van der Waals surface area (Å²) in [5.41, 5.74) is 0. The molecule has 1 fully saturated rings. The van der Waals surface area contributed by atoms with Crippen molar-refractivity contribution in [2.45, 2.75) is 13.8 Å². The van der Waals surface area contributed by atoms with E-state index in [1.807, 2.05) is 19.9 Å². The van der Waals surface area contributed by atoms with Crippen LogP contribution in [0.3, 0.4) is 0 Å². The fourth-order valence-corrected chi connectivity index (χ4v) is 1.51. The molecule has 0 saturated carbocycles. The molecule has 1 saturated heterocycles. The smallest absolute Gasteiger partial charge is 0.240 e. The van der Waals surface area contributed by atoms with Gasteiger partial charge in [0, 0.05) is 13.1 Å². The monoisotopic (exact) mass is 209 g/mol. The van der Waals surface area contributed by atoms with Gasteiger partial charge in [0.15, 0.2) is 0 Å². The molecule has 82 valence electrons. The van der Waals surface area contributed by atoms with Crippen LogP contribution in [0.25, 0.3) is 0 Å². The first-order valence-electron chi connectivity index (χ1n) is 5.01. The van der Waals surface area contributed by atoms with E-state index >= 15 is 0 Å². The van der Waals surface area contributed by atoms with Crippen LogP contribution in [0.15, 0.2) is 0 Å². The second kappa shape index (κ2) is 4.78. The molecule has 5 nitrogen and oxygen atoms in total. The Labute approximate surface area is 89.0 Å². The van der Waals surface area contributed by atoms with E-state index in [9.17, 15) is 9.59 Å². The van der Waals surface area contributed by atoms with Gasteiger partial charge in [-0.1, -0.05) is 13.8 Å². The summed E-state index contributed by atoms with van der Waals surface area (Å²) in [7, 11) is 0. The third-order valence-corrected chi connectivity index (χ3v) is 2.42. The number of carbonyl (C=O) groups is 2. The molecule has 5 heteroatoms. The fraction of sp³-hybridized carbons (Fsp3) is 0.700. The zero-order valence-electron chi connectivity index (χ0n) is 8.99. The Balaban J connectivity index is 2.67. The number of nitrogens with zero attached hydrogens (tertiary/aromatic N) is 2. The van der Waals surface area contributed by atoms with Gasteiger partial charge in [0.2, 0.25) is 11.8 Å². The fourth-order valence-electron chi connectivity index (χ4n) is 1.51. The molecule has 15 heavy (non-hydrogen) atoms. The maximum absolute atomic E-state index is 11.8. The Morgan fingerprint density at radius 3 is 2.73 bits per heavy atom. The highest BCUT2D eigenvalue weighted by atomic mass is 16.2. The minimum atomic E-state index is -0.643. The second-order valence-corrected chi connectivity index (χ2v) is 3.96. The van der Waals surface area contributed by atoms with Gasteiger partial charge in [0.1, 0.15) is 5.92 Å². The summed E-state index contributed by atoms with van der Waals surface area (Å²) in [6.45, 7) is 4.70. The second-order valence-electron chi connectivity index (χ2n) is 3.96. The molecular formula is C10H15N3O2. The molecule has 1 aliphatic rings. The molecule has 1 heterocycles. The van der Waals surface area contributed by atoms with E-state index < -0.39 is 5.92 Å². The molecule has 0 aromatic heterocycles. The topological polar surface area (TPSA) is 73.2 Å². The molecule has 0 spiro atoms. The number of carbonyl (C=O) groups excluding carboxylic acids is 2. The Kier molecular flexibility index (Phi) is 3.67. The number of amides is 2. The summed E-state index contributed by atoms with van der Waals surface area (Å²) < 4.78 is 0. The van der Waals surface area contributed by atoms with Crippen LogP contribution in [-0.2, 0) is 9.59 Å². The summed E-state index contributed by atoms with van der Waals surface area (Å²) >= 11 is 0. The van der Waals surface area contributed by atoms with E-state index in [-0.39, 0.29) is 24.3 Å². The van der Waals surface area contributed by atoms with Crippen LogP contribution in [0, 0.1) is 23.2 Å². The van der Waals surface area contributed by atoms with Crippen molar-refractivity contribution in [1.29, 1.82) is 5.26 Å². The summed E-state index contributed by atoms with van der Waals surface area (Å²) in [6, 6.07) is 1.99. The van der Waals surface area contributed by atoms with Crippen molar-refractivity contribution in [2.75, 3.05) is 19.6 Å². The van der Waals surface area contributed by atoms with Crippen molar-refractivity contribution in [1.82, 2.24) is 10.2 Å². The minimum absolute atomic E-state index is 0.0208. The number of piperazine rings is 1. The van der Waals surface area contributed by atoms with Gasteiger partial charge in [-0.05, 0) is 5.92 Å². The Morgan fingerprint density at radius 2 is 2.27 bits per heavy atom. The molecule has 1 atom stereocenters. The zero-order valence-corrected chi connectivity index (χ0v) is 8.99. The Bertz CT molecular complexity index is 306. The molecule has 1 unspecified atom stereocenters. The molecule has 0 aliphatic carbocycles. The van der Waals surface area contributed by atoms with Crippen LogP contribution in [0.4, 0.5) is 0 Å². The molecule has 0 aromatic carbocycles.